The molecule has 0 atom stereocenters. The molecule has 0 aliphatic rings. The molecule has 0 spiro atoms. The van der Waals surface area contributed by atoms with Crippen molar-refractivity contribution in [1.82, 2.24) is 4.98 Å². The van der Waals surface area contributed by atoms with Crippen molar-refractivity contribution in [2.24, 2.45) is 0 Å². The average Bonchev–Trinajstić information content (AvgIpc) is 2.25. The highest BCUT2D eigenvalue weighted by Gasteiger charge is 2.11. The van der Waals surface area contributed by atoms with Gasteiger partial charge in [0, 0.05) is 11.5 Å². The van der Waals surface area contributed by atoms with Gasteiger partial charge >= 0.3 is 0 Å². The minimum atomic E-state index is -0.775. The molecule has 0 fully saturated rings. The Hall–Kier alpha value is -1.54. The van der Waals surface area contributed by atoms with Crippen LogP contribution in [0.2, 0.25) is 0 Å². The number of pyridine rings is 1. The maximum absolute atomic E-state index is 13.3. The van der Waals surface area contributed by atoms with Gasteiger partial charge in [-0.3, -0.25) is 0 Å². The lowest BCUT2D eigenvalue weighted by molar-refractivity contribution is 0.586. The van der Waals surface area contributed by atoms with E-state index in [-0.39, 0.29) is 15.7 Å². The van der Waals surface area contributed by atoms with E-state index in [4.69, 9.17) is 5.26 Å². The second kappa shape index (κ2) is 3.55. The third kappa shape index (κ3) is 1.57. The molecule has 2 nitrogen and oxygen atoms in total. The Morgan fingerprint density at radius 2 is 2.00 bits per heavy atom. The molecule has 0 unspecified atom stereocenters. The zero-order valence-corrected chi connectivity index (χ0v) is 8.85. The fraction of sp³-hybridized carbons (Fsp3) is 0. The fourth-order valence-corrected chi connectivity index (χ4v) is 1.69. The van der Waals surface area contributed by atoms with Crippen LogP contribution in [0, 0.1) is 23.0 Å². The lowest BCUT2D eigenvalue weighted by Crippen LogP contribution is -1.91. The summed E-state index contributed by atoms with van der Waals surface area (Å²) < 4.78 is 26.6. The maximum atomic E-state index is 13.3. The summed E-state index contributed by atoms with van der Waals surface area (Å²) in [6.45, 7) is 0. The van der Waals surface area contributed by atoms with Crippen molar-refractivity contribution >= 4 is 26.8 Å². The Labute approximate surface area is 92.3 Å². The highest BCUT2D eigenvalue weighted by atomic mass is 79.9. The summed E-state index contributed by atoms with van der Waals surface area (Å²) in [6, 6.07) is 5.39. The van der Waals surface area contributed by atoms with E-state index < -0.39 is 11.6 Å². The van der Waals surface area contributed by atoms with Crippen LogP contribution < -0.4 is 0 Å². The standard InChI is InChI=1S/C10H3BrF2N2/c11-9-6-2-1-5(4-14)15-10(6)8(13)3-7(9)12/h1-3H. The monoisotopic (exact) mass is 268 g/mol. The van der Waals surface area contributed by atoms with Crippen LogP contribution in [-0.4, -0.2) is 4.98 Å². The Balaban J connectivity index is 2.91. The van der Waals surface area contributed by atoms with Gasteiger partial charge in [-0.05, 0) is 28.1 Å². The molecule has 0 aliphatic carbocycles. The van der Waals surface area contributed by atoms with Gasteiger partial charge in [-0.2, -0.15) is 5.26 Å². The topological polar surface area (TPSA) is 36.7 Å². The van der Waals surface area contributed by atoms with E-state index in [0.29, 0.717) is 5.39 Å². The maximum Gasteiger partial charge on any atom is 0.152 e. The second-order valence-electron chi connectivity index (χ2n) is 2.86. The zero-order chi connectivity index (χ0) is 11.0. The highest BCUT2D eigenvalue weighted by Crippen LogP contribution is 2.27. The summed E-state index contributed by atoms with van der Waals surface area (Å²) in [4.78, 5) is 3.76. The quantitative estimate of drug-likeness (QED) is 0.689. The van der Waals surface area contributed by atoms with Crippen molar-refractivity contribution in [3.63, 3.8) is 0 Å². The van der Waals surface area contributed by atoms with Crippen LogP contribution in [-0.2, 0) is 0 Å². The molecule has 0 saturated carbocycles. The van der Waals surface area contributed by atoms with E-state index in [0.717, 1.165) is 6.07 Å². The Kier molecular flexibility index (Phi) is 2.37. The fourth-order valence-electron chi connectivity index (χ4n) is 1.25. The molecule has 1 heterocycles. The van der Waals surface area contributed by atoms with Crippen molar-refractivity contribution in [3.8, 4) is 6.07 Å². The molecule has 74 valence electrons. The Morgan fingerprint density at radius 3 is 2.67 bits per heavy atom. The van der Waals surface area contributed by atoms with E-state index in [1.165, 1.54) is 12.1 Å². The summed E-state index contributed by atoms with van der Waals surface area (Å²) in [5.74, 6) is -1.46. The molecule has 0 amide bonds. The number of nitrogens with zero attached hydrogens (tertiary/aromatic N) is 2. The van der Waals surface area contributed by atoms with Gasteiger partial charge in [0.2, 0.25) is 0 Å². The van der Waals surface area contributed by atoms with Crippen molar-refractivity contribution in [2.75, 3.05) is 0 Å². The van der Waals surface area contributed by atoms with Crippen LogP contribution >= 0.6 is 15.9 Å². The van der Waals surface area contributed by atoms with E-state index in [1.807, 2.05) is 0 Å². The lowest BCUT2D eigenvalue weighted by atomic mass is 10.2. The summed E-state index contributed by atoms with van der Waals surface area (Å²) >= 11 is 3.00. The molecule has 0 radical (unpaired) electrons. The SMILES string of the molecule is N#Cc1ccc2c(Br)c(F)cc(F)c2n1. The van der Waals surface area contributed by atoms with Gasteiger partial charge in [0.25, 0.3) is 0 Å². The van der Waals surface area contributed by atoms with E-state index in [1.54, 1.807) is 6.07 Å². The first kappa shape index (κ1) is 9.99. The first-order chi connectivity index (χ1) is 7.13. The number of aromatic nitrogens is 1. The summed E-state index contributed by atoms with van der Waals surface area (Å²) in [5, 5.41) is 8.90. The number of nitriles is 1. The third-order valence-electron chi connectivity index (χ3n) is 1.94. The Bertz CT molecular complexity index is 590. The zero-order valence-electron chi connectivity index (χ0n) is 7.26. The van der Waals surface area contributed by atoms with Gasteiger partial charge in [0.15, 0.2) is 5.82 Å². The highest BCUT2D eigenvalue weighted by molar-refractivity contribution is 9.10. The Morgan fingerprint density at radius 1 is 1.27 bits per heavy atom. The van der Waals surface area contributed by atoms with Crippen LogP contribution in [0.15, 0.2) is 22.7 Å². The van der Waals surface area contributed by atoms with Crippen LogP contribution in [0.3, 0.4) is 0 Å². The average molecular weight is 269 g/mol. The smallest absolute Gasteiger partial charge is 0.152 e. The van der Waals surface area contributed by atoms with Gasteiger partial charge in [-0.1, -0.05) is 0 Å². The largest absolute Gasteiger partial charge is 0.234 e. The van der Waals surface area contributed by atoms with Crippen LogP contribution in [0.5, 0.6) is 0 Å². The molecule has 2 aromatic rings. The first-order valence-corrected chi connectivity index (χ1v) is 4.77. The van der Waals surface area contributed by atoms with Crippen LogP contribution in [0.1, 0.15) is 5.69 Å². The number of fused-ring (bicyclic) bond motifs is 1. The summed E-state index contributed by atoms with van der Waals surface area (Å²) in [7, 11) is 0. The number of hydrogen-bond acceptors (Lipinski definition) is 2. The molecule has 0 bridgehead atoms. The van der Waals surface area contributed by atoms with Gasteiger partial charge in [0.05, 0.1) is 4.47 Å². The molecule has 0 aliphatic heterocycles. The number of hydrogen-bond donors (Lipinski definition) is 0. The minimum absolute atomic E-state index is 0.0117. The first-order valence-electron chi connectivity index (χ1n) is 3.98. The van der Waals surface area contributed by atoms with E-state index >= 15 is 0 Å². The number of benzene rings is 1. The van der Waals surface area contributed by atoms with Crippen LogP contribution in [0.25, 0.3) is 10.9 Å². The molecule has 2 rings (SSSR count). The molecular weight excluding hydrogens is 266 g/mol. The normalized spacial score (nSPS) is 10.3. The summed E-state index contributed by atoms with van der Waals surface area (Å²) in [6.07, 6.45) is 0. The van der Waals surface area contributed by atoms with Crippen molar-refractivity contribution < 1.29 is 8.78 Å². The van der Waals surface area contributed by atoms with Gasteiger partial charge in [-0.15, -0.1) is 0 Å². The van der Waals surface area contributed by atoms with Crippen LogP contribution in [0.4, 0.5) is 8.78 Å². The molecule has 5 heteroatoms. The van der Waals surface area contributed by atoms with Gasteiger partial charge in [0.1, 0.15) is 23.1 Å². The molecule has 15 heavy (non-hydrogen) atoms. The van der Waals surface area contributed by atoms with Crippen molar-refractivity contribution in [2.45, 2.75) is 0 Å². The van der Waals surface area contributed by atoms with Gasteiger partial charge < -0.3 is 0 Å². The third-order valence-corrected chi connectivity index (χ3v) is 2.74. The molecule has 0 saturated heterocycles. The number of halogens is 3. The molecule has 1 aromatic carbocycles. The predicted molar refractivity (Wildman–Crippen MR) is 54.1 cm³/mol. The minimum Gasteiger partial charge on any atom is -0.234 e. The number of rotatable bonds is 0. The lowest BCUT2D eigenvalue weighted by Gasteiger charge is -2.02. The molecule has 0 N–H and O–H groups in total. The van der Waals surface area contributed by atoms with E-state index in [2.05, 4.69) is 20.9 Å². The predicted octanol–water partition coefficient (Wildman–Crippen LogP) is 3.15. The van der Waals surface area contributed by atoms with Crippen molar-refractivity contribution in [3.05, 3.63) is 40.0 Å². The molecule has 1 aromatic heterocycles. The second-order valence-corrected chi connectivity index (χ2v) is 3.65. The van der Waals surface area contributed by atoms with Gasteiger partial charge in [-0.25, -0.2) is 13.8 Å². The van der Waals surface area contributed by atoms with E-state index in [9.17, 15) is 8.78 Å². The molecular formula is C10H3BrF2N2. The van der Waals surface area contributed by atoms with Crippen molar-refractivity contribution in [1.29, 1.82) is 5.26 Å². The summed E-state index contributed by atoms with van der Waals surface area (Å²) in [5.41, 5.74) is 0.0854.